The number of aryl methyl sites for hydroxylation is 1. The second-order valence-corrected chi connectivity index (χ2v) is 6.13. The quantitative estimate of drug-likeness (QED) is 0.486. The van der Waals surface area contributed by atoms with Crippen LogP contribution in [-0.2, 0) is 16.1 Å². The van der Waals surface area contributed by atoms with Crippen LogP contribution in [0.5, 0.6) is 0 Å². The first-order valence-electron chi connectivity index (χ1n) is 8.46. The Bertz CT molecular complexity index is 820. The third-order valence-electron chi connectivity index (χ3n) is 4.01. The van der Waals surface area contributed by atoms with Crippen molar-refractivity contribution in [2.45, 2.75) is 32.4 Å². The Morgan fingerprint density at radius 3 is 2.48 bits per heavy atom. The number of hydrogen-bond donors (Lipinski definition) is 3. The molecule has 27 heavy (non-hydrogen) atoms. The van der Waals surface area contributed by atoms with Crippen molar-refractivity contribution >= 4 is 23.5 Å². The normalized spacial score (nSPS) is 11.4. The molecule has 0 saturated heterocycles. The van der Waals surface area contributed by atoms with Crippen LogP contribution in [0.25, 0.3) is 0 Å². The minimum atomic E-state index is -1.23. The van der Waals surface area contributed by atoms with Gasteiger partial charge in [0.1, 0.15) is 12.6 Å². The van der Waals surface area contributed by atoms with E-state index in [9.17, 15) is 19.5 Å². The summed E-state index contributed by atoms with van der Waals surface area (Å²) in [6.07, 6.45) is -0.915. The molecule has 0 aliphatic carbocycles. The summed E-state index contributed by atoms with van der Waals surface area (Å²) in [6, 6.07) is 12.7. The molecule has 0 saturated carbocycles. The lowest BCUT2D eigenvalue weighted by molar-refractivity contribution is -0.139. The van der Waals surface area contributed by atoms with E-state index >= 15 is 0 Å². The minimum Gasteiger partial charge on any atom is -0.480 e. The summed E-state index contributed by atoms with van der Waals surface area (Å²) in [4.78, 5) is 35.5. The zero-order valence-electron chi connectivity index (χ0n) is 15.0. The molecule has 4 N–H and O–H groups in total. The number of hydrogen-bond acceptors (Lipinski definition) is 5. The Balaban J connectivity index is 1.88. The monoisotopic (exact) mass is 370 g/mol. The van der Waals surface area contributed by atoms with Gasteiger partial charge in [0.05, 0.1) is 0 Å². The molecular formula is C20H22N2O5. The van der Waals surface area contributed by atoms with Gasteiger partial charge >= 0.3 is 12.1 Å². The van der Waals surface area contributed by atoms with Gasteiger partial charge in [0, 0.05) is 17.7 Å². The highest BCUT2D eigenvalue weighted by molar-refractivity contribution is 5.98. The lowest BCUT2D eigenvalue weighted by Gasteiger charge is -2.14. The Kier molecular flexibility index (Phi) is 6.93. The van der Waals surface area contributed by atoms with Crippen molar-refractivity contribution in [2.75, 3.05) is 5.73 Å². The number of nitrogens with two attached hydrogens (primary N) is 1. The molecule has 1 unspecified atom stereocenters. The fraction of sp³-hybridized carbons (Fsp3) is 0.250. The second-order valence-electron chi connectivity index (χ2n) is 6.13. The van der Waals surface area contributed by atoms with Crippen molar-refractivity contribution in [1.29, 1.82) is 0 Å². The van der Waals surface area contributed by atoms with Crippen LogP contribution in [0.4, 0.5) is 10.5 Å². The summed E-state index contributed by atoms with van der Waals surface area (Å²) in [5.41, 5.74) is 8.21. The first-order valence-corrected chi connectivity index (χ1v) is 8.46. The molecule has 0 aliphatic rings. The summed E-state index contributed by atoms with van der Waals surface area (Å²) < 4.78 is 5.02. The van der Waals surface area contributed by atoms with Gasteiger partial charge in [-0.2, -0.15) is 0 Å². The zero-order valence-corrected chi connectivity index (χ0v) is 15.0. The number of ether oxygens (including phenoxy) is 1. The smallest absolute Gasteiger partial charge is 0.408 e. The van der Waals surface area contributed by atoms with Gasteiger partial charge in [0.15, 0.2) is 5.78 Å². The Morgan fingerprint density at radius 1 is 1.15 bits per heavy atom. The van der Waals surface area contributed by atoms with Gasteiger partial charge in [-0.25, -0.2) is 9.59 Å². The van der Waals surface area contributed by atoms with Crippen molar-refractivity contribution < 1.29 is 24.2 Å². The summed E-state index contributed by atoms with van der Waals surface area (Å²) in [6.45, 7) is 1.79. The molecule has 7 heteroatoms. The van der Waals surface area contributed by atoms with Crippen molar-refractivity contribution in [1.82, 2.24) is 5.32 Å². The number of nitrogens with one attached hydrogen (secondary N) is 1. The van der Waals surface area contributed by atoms with Crippen LogP contribution in [0, 0.1) is 6.92 Å². The van der Waals surface area contributed by atoms with Gasteiger partial charge in [-0.05, 0) is 42.7 Å². The lowest BCUT2D eigenvalue weighted by Crippen LogP contribution is -2.41. The molecule has 0 spiro atoms. The molecule has 0 fully saturated rings. The van der Waals surface area contributed by atoms with Crippen LogP contribution in [0.1, 0.15) is 34.3 Å². The third kappa shape index (κ3) is 6.14. The van der Waals surface area contributed by atoms with Crippen molar-refractivity contribution in [3.8, 4) is 0 Å². The number of rotatable bonds is 8. The highest BCUT2D eigenvalue weighted by Gasteiger charge is 2.22. The van der Waals surface area contributed by atoms with Crippen LogP contribution < -0.4 is 11.1 Å². The standard InChI is InChI=1S/C20H22N2O5/c1-13-11-15(21)7-8-16(13)18(23)10-9-17(19(24)25)22-20(26)27-12-14-5-3-2-4-6-14/h2-8,11,17H,9-10,12,21H2,1H3,(H,22,26)(H,24,25). The predicted octanol–water partition coefficient (Wildman–Crippen LogP) is 2.92. The van der Waals surface area contributed by atoms with Gasteiger partial charge < -0.3 is 20.9 Å². The topological polar surface area (TPSA) is 119 Å². The molecule has 0 aromatic heterocycles. The maximum absolute atomic E-state index is 12.3. The van der Waals surface area contributed by atoms with E-state index in [1.54, 1.807) is 49.4 Å². The molecule has 1 amide bonds. The van der Waals surface area contributed by atoms with E-state index in [1.807, 2.05) is 6.07 Å². The number of carbonyl (C=O) groups excluding carboxylic acids is 2. The highest BCUT2D eigenvalue weighted by Crippen LogP contribution is 2.16. The molecule has 1 atom stereocenters. The molecule has 142 valence electrons. The molecule has 2 aromatic rings. The van der Waals surface area contributed by atoms with Crippen LogP contribution >= 0.6 is 0 Å². The highest BCUT2D eigenvalue weighted by atomic mass is 16.5. The van der Waals surface area contributed by atoms with E-state index in [2.05, 4.69) is 5.32 Å². The molecule has 0 aliphatic heterocycles. The predicted molar refractivity (Wildman–Crippen MR) is 100 cm³/mol. The number of carboxylic acid groups (broad SMARTS) is 1. The van der Waals surface area contributed by atoms with E-state index in [0.29, 0.717) is 11.3 Å². The van der Waals surface area contributed by atoms with Crippen molar-refractivity contribution in [3.63, 3.8) is 0 Å². The van der Waals surface area contributed by atoms with Crippen molar-refractivity contribution in [3.05, 3.63) is 65.2 Å². The van der Waals surface area contributed by atoms with E-state index < -0.39 is 18.1 Å². The fourth-order valence-electron chi connectivity index (χ4n) is 2.57. The zero-order chi connectivity index (χ0) is 19.8. The number of anilines is 1. The number of carbonyl (C=O) groups is 3. The average molecular weight is 370 g/mol. The number of amides is 1. The number of Topliss-reactive ketones (excluding diaryl/α,β-unsaturated/α-hetero) is 1. The molecule has 2 rings (SSSR count). The summed E-state index contributed by atoms with van der Waals surface area (Å²) in [5.74, 6) is -1.44. The Morgan fingerprint density at radius 2 is 1.85 bits per heavy atom. The van der Waals surface area contributed by atoms with Gasteiger partial charge in [-0.1, -0.05) is 30.3 Å². The van der Waals surface area contributed by atoms with Crippen LogP contribution in [-0.4, -0.2) is 29.0 Å². The van der Waals surface area contributed by atoms with E-state index in [-0.39, 0.29) is 25.2 Å². The largest absolute Gasteiger partial charge is 0.480 e. The van der Waals surface area contributed by atoms with E-state index in [4.69, 9.17) is 10.5 Å². The molecule has 0 heterocycles. The number of alkyl carbamates (subject to hydrolysis) is 1. The number of carboxylic acids is 1. The summed E-state index contributed by atoms with van der Waals surface area (Å²) in [5, 5.41) is 11.6. The minimum absolute atomic E-state index is 0.0271. The van der Waals surface area contributed by atoms with Crippen LogP contribution in [0.3, 0.4) is 0 Å². The average Bonchev–Trinajstić information content (AvgIpc) is 2.63. The number of aliphatic carboxylic acids is 1. The second kappa shape index (κ2) is 9.38. The summed E-state index contributed by atoms with van der Waals surface area (Å²) >= 11 is 0. The van der Waals surface area contributed by atoms with Crippen LogP contribution in [0.2, 0.25) is 0 Å². The van der Waals surface area contributed by atoms with Gasteiger partial charge in [-0.3, -0.25) is 4.79 Å². The first kappa shape index (κ1) is 20.0. The lowest BCUT2D eigenvalue weighted by atomic mass is 9.99. The maximum atomic E-state index is 12.3. The number of nitrogen functional groups attached to an aromatic ring is 1. The molecule has 0 bridgehead atoms. The van der Waals surface area contributed by atoms with E-state index in [1.165, 1.54) is 0 Å². The van der Waals surface area contributed by atoms with E-state index in [0.717, 1.165) is 11.1 Å². The van der Waals surface area contributed by atoms with Gasteiger partial charge in [-0.15, -0.1) is 0 Å². The number of ketones is 1. The maximum Gasteiger partial charge on any atom is 0.408 e. The Labute approximate surface area is 157 Å². The molecular weight excluding hydrogens is 348 g/mol. The molecule has 0 radical (unpaired) electrons. The van der Waals surface area contributed by atoms with Crippen molar-refractivity contribution in [2.24, 2.45) is 0 Å². The fourth-order valence-corrected chi connectivity index (χ4v) is 2.57. The number of benzene rings is 2. The first-order chi connectivity index (χ1) is 12.9. The van der Waals surface area contributed by atoms with Crippen LogP contribution in [0.15, 0.2) is 48.5 Å². The van der Waals surface area contributed by atoms with Gasteiger partial charge in [0.2, 0.25) is 0 Å². The SMILES string of the molecule is Cc1cc(N)ccc1C(=O)CCC(NC(=O)OCc1ccccc1)C(=O)O. The molecule has 2 aromatic carbocycles. The summed E-state index contributed by atoms with van der Waals surface area (Å²) in [7, 11) is 0. The van der Waals surface area contributed by atoms with Gasteiger partial charge in [0.25, 0.3) is 0 Å². The third-order valence-corrected chi connectivity index (χ3v) is 4.01. The molecule has 7 nitrogen and oxygen atoms in total. The Hall–Kier alpha value is -3.35.